The fourth-order valence-corrected chi connectivity index (χ4v) is 1.85. The minimum Gasteiger partial charge on any atom is -0.435 e. The number of ether oxygens (including phenoxy) is 1. The monoisotopic (exact) mass is 299 g/mol. The van der Waals surface area contributed by atoms with Gasteiger partial charge in [-0.3, -0.25) is 0 Å². The molecule has 2 aromatic carbocycles. The molecule has 0 heterocycles. The van der Waals surface area contributed by atoms with Gasteiger partial charge in [-0.1, -0.05) is 6.07 Å². The van der Waals surface area contributed by atoms with E-state index in [0.29, 0.717) is 11.3 Å². The zero-order valence-corrected chi connectivity index (χ0v) is 11.1. The lowest BCUT2D eigenvalue weighted by Gasteiger charge is -2.16. The van der Waals surface area contributed by atoms with Crippen LogP contribution in [0.3, 0.4) is 0 Å². The highest BCUT2D eigenvalue weighted by molar-refractivity contribution is 5.48. The van der Waals surface area contributed by atoms with E-state index in [9.17, 15) is 17.6 Å². The highest BCUT2D eigenvalue weighted by Gasteiger charge is 2.10. The summed E-state index contributed by atoms with van der Waals surface area (Å²) in [4.78, 5) is 0. The lowest BCUT2D eigenvalue weighted by atomic mass is 10.1. The molecule has 21 heavy (non-hydrogen) atoms. The van der Waals surface area contributed by atoms with Gasteiger partial charge in [-0.2, -0.15) is 8.78 Å². The SMILES string of the molecule is CC(Nc1ccc(OC(F)F)cc1)c1ccc(F)c(F)c1. The zero-order chi connectivity index (χ0) is 15.4. The number of alkyl halides is 2. The molecule has 0 spiro atoms. The van der Waals surface area contributed by atoms with Crippen LogP contribution < -0.4 is 10.1 Å². The summed E-state index contributed by atoms with van der Waals surface area (Å²) in [5, 5.41) is 3.05. The lowest BCUT2D eigenvalue weighted by molar-refractivity contribution is -0.0498. The Morgan fingerprint density at radius 2 is 1.62 bits per heavy atom. The van der Waals surface area contributed by atoms with Gasteiger partial charge in [-0.05, 0) is 48.9 Å². The maximum absolute atomic E-state index is 13.2. The first kappa shape index (κ1) is 15.2. The third-order valence-corrected chi connectivity index (χ3v) is 2.91. The van der Waals surface area contributed by atoms with E-state index in [2.05, 4.69) is 10.1 Å². The van der Waals surface area contributed by atoms with E-state index < -0.39 is 18.2 Å². The fraction of sp³-hybridized carbons (Fsp3) is 0.200. The highest BCUT2D eigenvalue weighted by atomic mass is 19.3. The smallest absolute Gasteiger partial charge is 0.387 e. The van der Waals surface area contributed by atoms with E-state index in [4.69, 9.17) is 0 Å². The Labute approximate surface area is 119 Å². The van der Waals surface area contributed by atoms with Crippen LogP contribution in [0, 0.1) is 11.6 Å². The maximum atomic E-state index is 13.2. The Morgan fingerprint density at radius 1 is 0.952 bits per heavy atom. The van der Waals surface area contributed by atoms with Crippen LogP contribution >= 0.6 is 0 Å². The van der Waals surface area contributed by atoms with E-state index >= 15 is 0 Å². The molecule has 2 aromatic rings. The Balaban J connectivity index is 2.04. The molecular formula is C15H13F4NO. The number of halogens is 4. The summed E-state index contributed by atoms with van der Waals surface area (Å²) in [5.41, 5.74) is 1.22. The van der Waals surface area contributed by atoms with Crippen molar-refractivity contribution in [3.05, 3.63) is 59.7 Å². The zero-order valence-electron chi connectivity index (χ0n) is 11.1. The molecule has 0 amide bonds. The molecule has 2 nitrogen and oxygen atoms in total. The second-order valence-corrected chi connectivity index (χ2v) is 4.44. The van der Waals surface area contributed by atoms with Crippen LogP contribution in [-0.4, -0.2) is 6.61 Å². The van der Waals surface area contributed by atoms with Crippen LogP contribution in [0.2, 0.25) is 0 Å². The van der Waals surface area contributed by atoms with Crippen LogP contribution in [0.5, 0.6) is 5.75 Å². The van der Waals surface area contributed by atoms with Crippen molar-refractivity contribution in [2.45, 2.75) is 19.6 Å². The summed E-state index contributed by atoms with van der Waals surface area (Å²) < 4.78 is 54.3. The maximum Gasteiger partial charge on any atom is 0.387 e. The van der Waals surface area contributed by atoms with Crippen molar-refractivity contribution in [2.75, 3.05) is 5.32 Å². The second-order valence-electron chi connectivity index (χ2n) is 4.44. The van der Waals surface area contributed by atoms with Gasteiger partial charge in [-0.25, -0.2) is 8.78 Å². The first-order chi connectivity index (χ1) is 9.95. The third-order valence-electron chi connectivity index (χ3n) is 2.91. The number of hydrogen-bond acceptors (Lipinski definition) is 2. The molecule has 0 saturated carbocycles. The van der Waals surface area contributed by atoms with Crippen LogP contribution in [0.1, 0.15) is 18.5 Å². The van der Waals surface area contributed by atoms with Crippen LogP contribution in [0.15, 0.2) is 42.5 Å². The predicted octanol–water partition coefficient (Wildman–Crippen LogP) is 4.74. The molecule has 0 saturated heterocycles. The topological polar surface area (TPSA) is 21.3 Å². The molecule has 0 bridgehead atoms. The molecule has 0 aromatic heterocycles. The molecule has 0 aliphatic rings. The van der Waals surface area contributed by atoms with Gasteiger partial charge in [0.05, 0.1) is 0 Å². The average Bonchev–Trinajstić information content (AvgIpc) is 2.43. The summed E-state index contributed by atoms with van der Waals surface area (Å²) in [6, 6.07) is 9.29. The van der Waals surface area contributed by atoms with Crippen molar-refractivity contribution < 1.29 is 22.3 Å². The molecule has 1 atom stereocenters. The number of anilines is 1. The number of rotatable bonds is 5. The summed E-state index contributed by atoms with van der Waals surface area (Å²) in [7, 11) is 0. The first-order valence-electron chi connectivity index (χ1n) is 6.22. The van der Waals surface area contributed by atoms with Gasteiger partial charge in [0.2, 0.25) is 0 Å². The second kappa shape index (κ2) is 6.47. The van der Waals surface area contributed by atoms with Crippen molar-refractivity contribution in [3.8, 4) is 5.75 Å². The largest absolute Gasteiger partial charge is 0.435 e. The predicted molar refractivity (Wildman–Crippen MR) is 71.5 cm³/mol. The molecule has 112 valence electrons. The van der Waals surface area contributed by atoms with E-state index in [0.717, 1.165) is 12.1 Å². The number of benzene rings is 2. The lowest BCUT2D eigenvalue weighted by Crippen LogP contribution is -2.07. The fourth-order valence-electron chi connectivity index (χ4n) is 1.85. The van der Waals surface area contributed by atoms with Crippen molar-refractivity contribution >= 4 is 5.69 Å². The van der Waals surface area contributed by atoms with Crippen molar-refractivity contribution in [2.24, 2.45) is 0 Å². The Hall–Kier alpha value is -2.24. The van der Waals surface area contributed by atoms with Crippen molar-refractivity contribution in [1.82, 2.24) is 0 Å². The minimum absolute atomic E-state index is 0.0519. The molecule has 0 fully saturated rings. The Bertz CT molecular complexity index is 601. The van der Waals surface area contributed by atoms with Crippen LogP contribution in [0.25, 0.3) is 0 Å². The molecule has 0 radical (unpaired) electrons. The molecule has 1 unspecified atom stereocenters. The van der Waals surface area contributed by atoms with Gasteiger partial charge >= 0.3 is 6.61 Å². The number of hydrogen-bond donors (Lipinski definition) is 1. The van der Waals surface area contributed by atoms with Gasteiger partial charge in [0.15, 0.2) is 11.6 Å². The minimum atomic E-state index is -2.87. The van der Waals surface area contributed by atoms with Crippen molar-refractivity contribution in [3.63, 3.8) is 0 Å². The van der Waals surface area contributed by atoms with Gasteiger partial charge < -0.3 is 10.1 Å². The normalized spacial score (nSPS) is 12.3. The quantitative estimate of drug-likeness (QED) is 0.805. The van der Waals surface area contributed by atoms with E-state index in [-0.39, 0.29) is 11.8 Å². The molecular weight excluding hydrogens is 286 g/mol. The average molecular weight is 299 g/mol. The molecule has 1 N–H and O–H groups in total. The van der Waals surface area contributed by atoms with Gasteiger partial charge in [0.25, 0.3) is 0 Å². The van der Waals surface area contributed by atoms with Gasteiger partial charge in [-0.15, -0.1) is 0 Å². The molecule has 0 aliphatic carbocycles. The standard InChI is InChI=1S/C15H13F4NO/c1-9(10-2-7-13(16)14(17)8-10)20-11-3-5-12(6-4-11)21-15(18)19/h2-9,15,20H,1H3. The Kier molecular flexibility index (Phi) is 4.67. The van der Waals surface area contributed by atoms with E-state index in [1.54, 1.807) is 19.1 Å². The van der Waals surface area contributed by atoms with Crippen molar-refractivity contribution in [1.29, 1.82) is 0 Å². The molecule has 2 rings (SSSR count). The first-order valence-corrected chi connectivity index (χ1v) is 6.22. The summed E-state index contributed by atoms with van der Waals surface area (Å²) in [5.74, 6) is -1.77. The highest BCUT2D eigenvalue weighted by Crippen LogP contribution is 2.23. The molecule has 0 aliphatic heterocycles. The van der Waals surface area contributed by atoms with Gasteiger partial charge in [0, 0.05) is 11.7 Å². The van der Waals surface area contributed by atoms with E-state index in [1.807, 2.05) is 0 Å². The van der Waals surface area contributed by atoms with Crippen LogP contribution in [-0.2, 0) is 0 Å². The summed E-state index contributed by atoms with van der Waals surface area (Å²) in [6.07, 6.45) is 0. The molecule has 6 heteroatoms. The van der Waals surface area contributed by atoms with Gasteiger partial charge in [0.1, 0.15) is 5.75 Å². The van der Waals surface area contributed by atoms with E-state index in [1.165, 1.54) is 18.2 Å². The Morgan fingerprint density at radius 3 is 2.19 bits per heavy atom. The van der Waals surface area contributed by atoms with Crippen LogP contribution in [0.4, 0.5) is 23.2 Å². The summed E-state index contributed by atoms with van der Waals surface area (Å²) >= 11 is 0. The third kappa shape index (κ3) is 4.11. The number of nitrogens with one attached hydrogen (secondary N) is 1. The summed E-state index contributed by atoms with van der Waals surface area (Å²) in [6.45, 7) is -1.10.